The summed E-state index contributed by atoms with van der Waals surface area (Å²) >= 11 is 6.08. The van der Waals surface area contributed by atoms with Crippen molar-refractivity contribution in [1.82, 2.24) is 0 Å². The zero-order valence-corrected chi connectivity index (χ0v) is 11.1. The quantitative estimate of drug-likeness (QED) is 0.551. The normalized spacial score (nSPS) is 24.6. The molecule has 2 atom stereocenters. The fourth-order valence-corrected chi connectivity index (χ4v) is 2.45. The van der Waals surface area contributed by atoms with E-state index in [9.17, 15) is 17.6 Å². The first-order valence-electron chi connectivity index (χ1n) is 6.05. The Kier molecular flexibility index (Phi) is 3.95. The minimum Gasteiger partial charge on any atom is -0.369 e. The van der Waals surface area contributed by atoms with Crippen LogP contribution in [0.25, 0.3) is 0 Å². The number of hydrogen-bond donors (Lipinski definition) is 0. The summed E-state index contributed by atoms with van der Waals surface area (Å²) < 4.78 is 51.2. The van der Waals surface area contributed by atoms with Gasteiger partial charge in [-0.3, -0.25) is 0 Å². The van der Waals surface area contributed by atoms with Gasteiger partial charge in [-0.1, -0.05) is 6.92 Å². The van der Waals surface area contributed by atoms with Crippen molar-refractivity contribution >= 4 is 17.3 Å². The maximum Gasteiger partial charge on any atom is 0.416 e. The Hall–Kier alpha value is -0.970. The van der Waals surface area contributed by atoms with Gasteiger partial charge in [0.2, 0.25) is 0 Å². The number of hydrogen-bond acceptors (Lipinski definition) is 1. The molecule has 1 saturated heterocycles. The van der Waals surface area contributed by atoms with Crippen LogP contribution in [0.5, 0.6) is 0 Å². The van der Waals surface area contributed by atoms with Crippen LogP contribution in [0.3, 0.4) is 0 Å². The molecule has 1 nitrogen and oxygen atoms in total. The highest BCUT2D eigenvalue weighted by Crippen LogP contribution is 2.34. The fraction of sp³-hybridized carbons (Fsp3) is 0.538. The Morgan fingerprint density at radius 2 is 2.00 bits per heavy atom. The van der Waals surface area contributed by atoms with Gasteiger partial charge in [0.15, 0.2) is 0 Å². The molecule has 0 N–H and O–H groups in total. The fourth-order valence-electron chi connectivity index (χ4n) is 2.28. The maximum absolute atomic E-state index is 13.8. The molecule has 1 fully saturated rings. The molecule has 0 saturated carbocycles. The van der Waals surface area contributed by atoms with Crippen molar-refractivity contribution in [3.05, 3.63) is 29.6 Å². The summed E-state index contributed by atoms with van der Waals surface area (Å²) in [6, 6.07) is 2.65. The third kappa shape index (κ3) is 3.14. The predicted octanol–water partition coefficient (Wildman–Crippen LogP) is 4.30. The number of halogens is 5. The van der Waals surface area contributed by atoms with E-state index < -0.39 is 17.6 Å². The van der Waals surface area contributed by atoms with Crippen molar-refractivity contribution in [2.75, 3.05) is 18.0 Å². The molecule has 0 aromatic heterocycles. The van der Waals surface area contributed by atoms with Crippen molar-refractivity contribution in [3.8, 4) is 0 Å². The minimum absolute atomic E-state index is 0.0359. The van der Waals surface area contributed by atoms with Gasteiger partial charge in [0.25, 0.3) is 0 Å². The van der Waals surface area contributed by atoms with Crippen molar-refractivity contribution in [3.63, 3.8) is 0 Å². The first kappa shape index (κ1) is 14.4. The van der Waals surface area contributed by atoms with E-state index in [1.54, 1.807) is 4.90 Å². The van der Waals surface area contributed by atoms with Crippen LogP contribution in [-0.4, -0.2) is 18.5 Å². The van der Waals surface area contributed by atoms with Crippen molar-refractivity contribution < 1.29 is 17.6 Å². The van der Waals surface area contributed by atoms with E-state index in [0.717, 1.165) is 6.07 Å². The molecule has 1 aromatic rings. The molecule has 1 aliphatic rings. The van der Waals surface area contributed by atoms with Gasteiger partial charge in [-0.05, 0) is 30.5 Å². The summed E-state index contributed by atoms with van der Waals surface area (Å²) in [6.07, 6.45) is -3.82. The lowest BCUT2D eigenvalue weighted by Crippen LogP contribution is -2.40. The SMILES string of the molecule is CC1CN(c2ccc(C(F)(F)F)cc2F)CCC1Cl. The van der Waals surface area contributed by atoms with Crippen molar-refractivity contribution in [2.24, 2.45) is 5.92 Å². The Bertz CT molecular complexity index is 460. The van der Waals surface area contributed by atoms with E-state index in [2.05, 4.69) is 0 Å². The maximum atomic E-state index is 13.8. The van der Waals surface area contributed by atoms with Gasteiger partial charge in [-0.15, -0.1) is 11.6 Å². The highest BCUT2D eigenvalue weighted by molar-refractivity contribution is 6.20. The average Bonchev–Trinajstić information content (AvgIpc) is 2.31. The number of benzene rings is 1. The van der Waals surface area contributed by atoms with Crippen LogP contribution in [0.4, 0.5) is 23.2 Å². The molecule has 0 radical (unpaired) electrons. The number of rotatable bonds is 1. The Balaban J connectivity index is 2.22. The second-order valence-corrected chi connectivity index (χ2v) is 5.45. The van der Waals surface area contributed by atoms with Crippen LogP contribution >= 0.6 is 11.6 Å². The summed E-state index contributed by atoms with van der Waals surface area (Å²) in [5.41, 5.74) is -0.752. The number of alkyl halides is 4. The zero-order valence-electron chi connectivity index (χ0n) is 10.3. The monoisotopic (exact) mass is 295 g/mol. The van der Waals surface area contributed by atoms with Gasteiger partial charge < -0.3 is 4.90 Å². The molecular formula is C13H14ClF4N. The lowest BCUT2D eigenvalue weighted by molar-refractivity contribution is -0.137. The molecule has 0 amide bonds. The van der Waals surface area contributed by atoms with Gasteiger partial charge in [0.1, 0.15) is 5.82 Å². The molecule has 2 rings (SSSR count). The zero-order chi connectivity index (χ0) is 14.2. The van der Waals surface area contributed by atoms with Crippen LogP contribution in [-0.2, 0) is 6.18 Å². The first-order valence-corrected chi connectivity index (χ1v) is 6.48. The third-order valence-electron chi connectivity index (χ3n) is 3.42. The second-order valence-electron chi connectivity index (χ2n) is 4.89. The number of anilines is 1. The number of piperidine rings is 1. The Morgan fingerprint density at radius 1 is 1.32 bits per heavy atom. The molecule has 0 spiro atoms. The van der Waals surface area contributed by atoms with Crippen LogP contribution in [0.15, 0.2) is 18.2 Å². The molecule has 19 heavy (non-hydrogen) atoms. The predicted molar refractivity (Wildman–Crippen MR) is 67.0 cm³/mol. The molecule has 2 unspecified atom stereocenters. The Morgan fingerprint density at radius 3 is 2.53 bits per heavy atom. The van der Waals surface area contributed by atoms with Crippen LogP contribution < -0.4 is 4.90 Å². The molecule has 1 aromatic carbocycles. The van der Waals surface area contributed by atoms with E-state index in [4.69, 9.17) is 11.6 Å². The van der Waals surface area contributed by atoms with Crippen molar-refractivity contribution in [2.45, 2.75) is 24.9 Å². The van der Waals surface area contributed by atoms with Crippen LogP contribution in [0.2, 0.25) is 0 Å². The summed E-state index contributed by atoms with van der Waals surface area (Å²) in [5, 5.41) is 0.0359. The van der Waals surface area contributed by atoms with Gasteiger partial charge in [0, 0.05) is 18.5 Å². The van der Waals surface area contributed by atoms with Gasteiger partial charge in [-0.25, -0.2) is 4.39 Å². The summed E-state index contributed by atoms with van der Waals surface area (Å²) in [4.78, 5) is 1.75. The summed E-state index contributed by atoms with van der Waals surface area (Å²) in [6.45, 7) is 3.06. The molecule has 6 heteroatoms. The van der Waals surface area contributed by atoms with Crippen molar-refractivity contribution in [1.29, 1.82) is 0 Å². The largest absolute Gasteiger partial charge is 0.416 e. The van der Waals surface area contributed by atoms with Gasteiger partial charge in [-0.2, -0.15) is 13.2 Å². The summed E-state index contributed by atoms with van der Waals surface area (Å²) in [5.74, 6) is -0.660. The minimum atomic E-state index is -4.52. The molecule has 0 aliphatic carbocycles. The molecule has 0 bridgehead atoms. The third-order valence-corrected chi connectivity index (χ3v) is 4.06. The highest BCUT2D eigenvalue weighted by atomic mass is 35.5. The smallest absolute Gasteiger partial charge is 0.369 e. The highest BCUT2D eigenvalue weighted by Gasteiger charge is 2.32. The van der Waals surface area contributed by atoms with Gasteiger partial charge in [0.05, 0.1) is 11.3 Å². The average molecular weight is 296 g/mol. The van der Waals surface area contributed by atoms with Crippen LogP contribution in [0, 0.1) is 11.7 Å². The number of nitrogens with zero attached hydrogens (tertiary/aromatic N) is 1. The first-order chi connectivity index (χ1) is 8.79. The second kappa shape index (κ2) is 5.19. The van der Waals surface area contributed by atoms with Gasteiger partial charge >= 0.3 is 6.18 Å². The molecule has 1 aliphatic heterocycles. The van der Waals surface area contributed by atoms with E-state index >= 15 is 0 Å². The van der Waals surface area contributed by atoms with E-state index in [0.29, 0.717) is 25.6 Å². The molecular weight excluding hydrogens is 282 g/mol. The Labute approximate surface area is 114 Å². The van der Waals surface area contributed by atoms with E-state index in [1.165, 1.54) is 6.07 Å². The lowest BCUT2D eigenvalue weighted by atomic mass is 9.99. The summed E-state index contributed by atoms with van der Waals surface area (Å²) in [7, 11) is 0. The molecule has 1 heterocycles. The lowest BCUT2D eigenvalue weighted by Gasteiger charge is -2.36. The van der Waals surface area contributed by atoms with Crippen LogP contribution in [0.1, 0.15) is 18.9 Å². The topological polar surface area (TPSA) is 3.24 Å². The standard InChI is InChI=1S/C13H14ClF4N/c1-8-7-19(5-4-10(8)14)12-3-2-9(6-11(12)15)13(16,17)18/h2-3,6,8,10H,4-5,7H2,1H3. The van der Waals surface area contributed by atoms with E-state index in [1.807, 2.05) is 6.92 Å². The van der Waals surface area contributed by atoms with E-state index in [-0.39, 0.29) is 17.0 Å². The molecule has 106 valence electrons.